The summed E-state index contributed by atoms with van der Waals surface area (Å²) < 4.78 is 4.24. The van der Waals surface area contributed by atoms with Crippen molar-refractivity contribution in [2.24, 2.45) is 0 Å². The summed E-state index contributed by atoms with van der Waals surface area (Å²) in [5, 5.41) is 25.1. The lowest BCUT2D eigenvalue weighted by Gasteiger charge is -2.25. The molecule has 8 nitrogen and oxygen atoms in total. The molecule has 0 amide bonds. The lowest BCUT2D eigenvalue weighted by atomic mass is 10.0. The molecule has 0 aromatic heterocycles. The van der Waals surface area contributed by atoms with E-state index >= 15 is 0 Å². The van der Waals surface area contributed by atoms with Gasteiger partial charge < -0.3 is 25.5 Å². The van der Waals surface area contributed by atoms with E-state index in [0.29, 0.717) is 0 Å². The van der Waals surface area contributed by atoms with Gasteiger partial charge >= 0.3 is 17.9 Å². The summed E-state index contributed by atoms with van der Waals surface area (Å²) in [5.74, 6) is -5.53. The molecule has 0 saturated heterocycles. The molecule has 5 N–H and O–H groups in total. The van der Waals surface area contributed by atoms with Crippen molar-refractivity contribution in [1.29, 1.82) is 0 Å². The predicted molar refractivity (Wildman–Crippen MR) is 38.4 cm³/mol. The van der Waals surface area contributed by atoms with Crippen LogP contribution < -0.4 is 0 Å². The van der Waals surface area contributed by atoms with E-state index in [1.54, 1.807) is 0 Å². The molecule has 78 valence electrons. The molecule has 0 saturated carbocycles. The molecule has 0 bridgehead atoms. The highest BCUT2D eigenvalue weighted by Gasteiger charge is 2.45. The minimum Gasteiger partial charge on any atom is -0.478 e. The second kappa shape index (κ2) is 3.75. The molecule has 1 aliphatic heterocycles. The molecule has 0 aliphatic carbocycles. The highest BCUT2D eigenvalue weighted by Crippen LogP contribution is 2.27. The Hall–Kier alpha value is -2.09. The zero-order valence-corrected chi connectivity index (χ0v) is 6.55. The first kappa shape index (κ1) is 11.9. The average molecular weight is 206 g/mol. The molecule has 0 radical (unpaired) electrons. The van der Waals surface area contributed by atoms with Crippen LogP contribution in [-0.2, 0) is 19.1 Å². The minimum atomic E-state index is -1.68. The number of hydrogen-bond donors (Lipinski definition) is 3. The highest BCUT2D eigenvalue weighted by molar-refractivity contribution is 6.05. The van der Waals surface area contributed by atoms with E-state index in [1.807, 2.05) is 0 Å². The summed E-state index contributed by atoms with van der Waals surface area (Å²) in [6.45, 7) is 0. The maximum atomic E-state index is 10.3. The molecular formula is C6H6O8. The highest BCUT2D eigenvalue weighted by atomic mass is 16.6. The van der Waals surface area contributed by atoms with Gasteiger partial charge in [0.05, 0.1) is 0 Å². The van der Waals surface area contributed by atoms with Gasteiger partial charge in [0.2, 0.25) is 11.9 Å². The first-order valence-corrected chi connectivity index (χ1v) is 3.05. The van der Waals surface area contributed by atoms with E-state index in [0.717, 1.165) is 0 Å². The van der Waals surface area contributed by atoms with Crippen molar-refractivity contribution in [2.75, 3.05) is 0 Å². The van der Waals surface area contributed by atoms with Gasteiger partial charge in [-0.3, -0.25) is 0 Å². The van der Waals surface area contributed by atoms with Crippen LogP contribution in [0.4, 0.5) is 0 Å². The Morgan fingerprint density at radius 3 is 1.86 bits per heavy atom. The lowest BCUT2D eigenvalue weighted by molar-refractivity contribution is -0.158. The normalized spacial score (nSPS) is 18.7. The molecule has 1 heterocycles. The molecule has 0 aromatic carbocycles. The number of hydrogen-bond acceptors (Lipinski definition) is 4. The third-order valence-electron chi connectivity index (χ3n) is 1.39. The fraction of sp³-hybridized carbons (Fsp3) is 0.167. The van der Waals surface area contributed by atoms with E-state index in [4.69, 9.17) is 15.3 Å². The Labute approximate surface area is 76.3 Å². The van der Waals surface area contributed by atoms with Gasteiger partial charge in [-0.25, -0.2) is 14.4 Å². The molecule has 1 atom stereocenters. The second-order valence-corrected chi connectivity index (χ2v) is 2.19. The zero-order chi connectivity index (χ0) is 10.2. The second-order valence-electron chi connectivity index (χ2n) is 2.19. The molecule has 14 heavy (non-hydrogen) atoms. The monoisotopic (exact) mass is 206 g/mol. The van der Waals surface area contributed by atoms with Gasteiger partial charge in [-0.15, -0.1) is 0 Å². The van der Waals surface area contributed by atoms with Gasteiger partial charge in [-0.05, 0) is 0 Å². The van der Waals surface area contributed by atoms with E-state index in [1.165, 1.54) is 0 Å². The summed E-state index contributed by atoms with van der Waals surface area (Å²) in [7, 11) is 0. The van der Waals surface area contributed by atoms with E-state index in [-0.39, 0.29) is 5.48 Å². The fourth-order valence-electron chi connectivity index (χ4n) is 0.850. The van der Waals surface area contributed by atoms with Crippen molar-refractivity contribution in [1.82, 2.24) is 0 Å². The number of ether oxygens (including phenoxy) is 1. The summed E-state index contributed by atoms with van der Waals surface area (Å²) >= 11 is 0. The molecule has 0 aromatic rings. The van der Waals surface area contributed by atoms with Crippen molar-refractivity contribution in [2.45, 2.75) is 6.10 Å². The largest absolute Gasteiger partial charge is 0.478 e. The summed E-state index contributed by atoms with van der Waals surface area (Å²) in [4.78, 5) is 30.8. The number of aliphatic carboxylic acids is 3. The number of rotatable bonds is 3. The summed E-state index contributed by atoms with van der Waals surface area (Å²) in [6, 6.07) is 0. The molecule has 1 aliphatic rings. The minimum absolute atomic E-state index is 0. The Morgan fingerprint density at radius 2 is 1.57 bits per heavy atom. The van der Waals surface area contributed by atoms with E-state index < -0.39 is 35.3 Å². The van der Waals surface area contributed by atoms with Crippen molar-refractivity contribution in [3.8, 4) is 0 Å². The van der Waals surface area contributed by atoms with Crippen LogP contribution in [0.3, 0.4) is 0 Å². The summed E-state index contributed by atoms with van der Waals surface area (Å²) in [6.07, 6.45) is -1.68. The van der Waals surface area contributed by atoms with Crippen LogP contribution in [0, 0.1) is 0 Å². The lowest BCUT2D eigenvalue weighted by Crippen LogP contribution is -2.41. The van der Waals surface area contributed by atoms with Crippen molar-refractivity contribution in [3.05, 3.63) is 11.3 Å². The standard InChI is InChI=1S/C6H4O7.H2O/c7-4(8)1-2(5(9)10)13-3(1)6(11)12;/h2H,(H,7,8)(H,9,10)(H,11,12);1H2. The summed E-state index contributed by atoms with van der Waals surface area (Å²) in [5.41, 5.74) is -0.736. The van der Waals surface area contributed by atoms with Crippen molar-refractivity contribution >= 4 is 17.9 Å². The third-order valence-corrected chi connectivity index (χ3v) is 1.39. The molecule has 1 rings (SSSR count). The molecular weight excluding hydrogens is 200 g/mol. The SMILES string of the molecule is O.O=C(O)C1=C(C(=O)O)C(C(=O)O)O1. The van der Waals surface area contributed by atoms with Gasteiger partial charge in [0.1, 0.15) is 5.57 Å². The van der Waals surface area contributed by atoms with Crippen molar-refractivity contribution < 1.29 is 39.9 Å². The zero-order valence-electron chi connectivity index (χ0n) is 6.55. The van der Waals surface area contributed by atoms with Gasteiger partial charge in [-0.2, -0.15) is 0 Å². The first-order valence-electron chi connectivity index (χ1n) is 3.05. The van der Waals surface area contributed by atoms with Crippen LogP contribution >= 0.6 is 0 Å². The predicted octanol–water partition coefficient (Wildman–Crippen LogP) is -1.93. The quantitative estimate of drug-likeness (QED) is 0.485. The molecule has 8 heteroatoms. The van der Waals surface area contributed by atoms with Gasteiger partial charge in [0, 0.05) is 0 Å². The number of carboxylic acid groups (broad SMARTS) is 3. The maximum Gasteiger partial charge on any atom is 0.371 e. The van der Waals surface area contributed by atoms with E-state index in [9.17, 15) is 14.4 Å². The molecule has 0 fully saturated rings. The van der Waals surface area contributed by atoms with Crippen LogP contribution in [0.15, 0.2) is 11.3 Å². The van der Waals surface area contributed by atoms with Gasteiger partial charge in [-0.1, -0.05) is 0 Å². The Morgan fingerprint density at radius 1 is 1.07 bits per heavy atom. The maximum absolute atomic E-state index is 10.3. The topological polar surface area (TPSA) is 153 Å². The molecule has 1 unspecified atom stereocenters. The average Bonchev–Trinajstić information content (AvgIpc) is 1.79. The van der Waals surface area contributed by atoms with Crippen LogP contribution in [0.1, 0.15) is 0 Å². The fourth-order valence-corrected chi connectivity index (χ4v) is 0.850. The smallest absolute Gasteiger partial charge is 0.371 e. The van der Waals surface area contributed by atoms with Crippen LogP contribution in [0.2, 0.25) is 0 Å². The third kappa shape index (κ3) is 1.64. The Kier molecular flexibility index (Phi) is 3.19. The Balaban J connectivity index is 0.00000169. The number of carbonyl (C=O) groups is 3. The first-order chi connectivity index (χ1) is 5.95. The molecule has 0 spiro atoms. The van der Waals surface area contributed by atoms with Crippen LogP contribution in [0.5, 0.6) is 0 Å². The van der Waals surface area contributed by atoms with Crippen LogP contribution in [0.25, 0.3) is 0 Å². The van der Waals surface area contributed by atoms with Gasteiger partial charge in [0.15, 0.2) is 0 Å². The van der Waals surface area contributed by atoms with Crippen molar-refractivity contribution in [3.63, 3.8) is 0 Å². The van der Waals surface area contributed by atoms with Gasteiger partial charge in [0.25, 0.3) is 0 Å². The Bertz CT molecular complexity index is 327. The number of carboxylic acids is 3. The van der Waals surface area contributed by atoms with E-state index in [2.05, 4.69) is 4.74 Å². The van der Waals surface area contributed by atoms with Crippen LogP contribution in [-0.4, -0.2) is 44.8 Å².